The Balaban J connectivity index is 0.000000142. The normalized spacial score (nSPS) is 12.0. The highest BCUT2D eigenvalue weighted by Gasteiger charge is 2.22. The van der Waals surface area contributed by atoms with Gasteiger partial charge in [-0.05, 0) is 94.7 Å². The molecule has 0 heterocycles. The molecule has 0 atom stereocenters. The van der Waals surface area contributed by atoms with Crippen LogP contribution in [0.2, 0.25) is 0 Å². The van der Waals surface area contributed by atoms with Crippen LogP contribution in [0.5, 0.6) is 0 Å². The van der Waals surface area contributed by atoms with E-state index in [2.05, 4.69) is 146 Å². The summed E-state index contributed by atoms with van der Waals surface area (Å²) in [5.41, 5.74) is 5.74. The van der Waals surface area contributed by atoms with Gasteiger partial charge in [0.1, 0.15) is 0 Å². The molecular formula is C39H26. The number of hydrogen-bond acceptors (Lipinski definition) is 0. The fourth-order valence-corrected chi connectivity index (χ4v) is 6.52. The first-order valence-corrected chi connectivity index (χ1v) is 13.7. The maximum absolute atomic E-state index is 2.32. The maximum atomic E-state index is 2.32. The highest BCUT2D eigenvalue weighted by molar-refractivity contribution is 6.27. The largest absolute Gasteiger partial charge is 0.0619 e. The molecule has 0 unspecified atom stereocenters. The molecule has 0 saturated heterocycles. The third kappa shape index (κ3) is 3.53. The van der Waals surface area contributed by atoms with E-state index in [0.29, 0.717) is 0 Å². The van der Waals surface area contributed by atoms with Crippen LogP contribution in [0.3, 0.4) is 0 Å². The third-order valence-electron chi connectivity index (χ3n) is 8.31. The number of hydrogen-bond donors (Lipinski definition) is 0. The van der Waals surface area contributed by atoms with Crippen LogP contribution < -0.4 is 0 Å². The monoisotopic (exact) mass is 494 g/mol. The molecule has 182 valence electrons. The first-order valence-electron chi connectivity index (χ1n) is 13.7. The van der Waals surface area contributed by atoms with Gasteiger partial charge in [-0.1, -0.05) is 133 Å². The van der Waals surface area contributed by atoms with Gasteiger partial charge in [0.15, 0.2) is 0 Å². The SMILES string of the molecule is c1ccc2c(c1)Cc1c-2ccc2c3ccccc3c3ccccc3c12.c1ccc2cc3ccccc3cc2c1. The fourth-order valence-electron chi connectivity index (χ4n) is 6.52. The van der Waals surface area contributed by atoms with Gasteiger partial charge >= 0.3 is 0 Å². The zero-order chi connectivity index (χ0) is 25.8. The Bertz CT molecular complexity index is 2060. The summed E-state index contributed by atoms with van der Waals surface area (Å²) in [6.07, 6.45) is 1.03. The van der Waals surface area contributed by atoms with Gasteiger partial charge in [-0.2, -0.15) is 0 Å². The highest BCUT2D eigenvalue weighted by atomic mass is 14.3. The standard InChI is InChI=1S/C25H16.C14H10/c1-2-8-17-16(7-1)15-24-21(17)13-14-23-20-11-4-3-9-18(20)19-10-5-6-12-22(19)25(23)24;1-2-6-12-10-14-8-4-3-7-13(14)9-11(12)5-1/h1-14H,15H2;1-10H. The predicted octanol–water partition coefficient (Wildman–Crippen LogP) is 10.7. The van der Waals surface area contributed by atoms with Crippen molar-refractivity contribution in [2.45, 2.75) is 6.42 Å². The van der Waals surface area contributed by atoms with Crippen LogP contribution in [0.4, 0.5) is 0 Å². The number of benzene rings is 8. The van der Waals surface area contributed by atoms with Crippen LogP contribution in [0.1, 0.15) is 11.1 Å². The van der Waals surface area contributed by atoms with Crippen molar-refractivity contribution in [1.82, 2.24) is 0 Å². The van der Waals surface area contributed by atoms with E-state index in [1.165, 1.54) is 76.1 Å². The van der Waals surface area contributed by atoms with Crippen molar-refractivity contribution in [2.24, 2.45) is 0 Å². The molecule has 0 aromatic heterocycles. The second-order valence-electron chi connectivity index (χ2n) is 10.5. The molecule has 0 spiro atoms. The molecule has 0 amide bonds. The topological polar surface area (TPSA) is 0 Å². The lowest BCUT2D eigenvalue weighted by molar-refractivity contribution is 1.29. The average molecular weight is 495 g/mol. The Hall–Kier alpha value is -4.94. The van der Waals surface area contributed by atoms with Crippen molar-refractivity contribution in [1.29, 1.82) is 0 Å². The molecule has 8 aromatic carbocycles. The highest BCUT2D eigenvalue weighted by Crippen LogP contribution is 2.45. The zero-order valence-corrected chi connectivity index (χ0v) is 21.6. The summed E-state index contributed by atoms with van der Waals surface area (Å²) in [7, 11) is 0. The van der Waals surface area contributed by atoms with Crippen molar-refractivity contribution in [3.8, 4) is 11.1 Å². The van der Waals surface area contributed by atoms with Gasteiger partial charge in [-0.3, -0.25) is 0 Å². The van der Waals surface area contributed by atoms with E-state index in [-0.39, 0.29) is 0 Å². The Morgan fingerprint density at radius 3 is 1.36 bits per heavy atom. The van der Waals surface area contributed by atoms with Gasteiger partial charge < -0.3 is 0 Å². The Morgan fingerprint density at radius 1 is 0.333 bits per heavy atom. The van der Waals surface area contributed by atoms with Crippen LogP contribution in [-0.2, 0) is 6.42 Å². The minimum absolute atomic E-state index is 1.03. The second kappa shape index (κ2) is 8.82. The van der Waals surface area contributed by atoms with Crippen LogP contribution in [0.25, 0.3) is 65.0 Å². The summed E-state index contributed by atoms with van der Waals surface area (Å²) in [5.74, 6) is 0. The van der Waals surface area contributed by atoms with E-state index in [9.17, 15) is 0 Å². The minimum Gasteiger partial charge on any atom is -0.0619 e. The Kier molecular flexibility index (Phi) is 5.00. The number of fused-ring (bicyclic) bond motifs is 12. The van der Waals surface area contributed by atoms with E-state index >= 15 is 0 Å². The summed E-state index contributed by atoms with van der Waals surface area (Å²) in [5, 5.41) is 13.5. The molecular weight excluding hydrogens is 468 g/mol. The van der Waals surface area contributed by atoms with Gasteiger partial charge in [-0.25, -0.2) is 0 Å². The van der Waals surface area contributed by atoms with Crippen molar-refractivity contribution < 1.29 is 0 Å². The first-order chi connectivity index (χ1) is 19.3. The third-order valence-corrected chi connectivity index (χ3v) is 8.31. The summed E-state index contributed by atoms with van der Waals surface area (Å²) >= 11 is 0. The zero-order valence-electron chi connectivity index (χ0n) is 21.6. The molecule has 1 aliphatic carbocycles. The van der Waals surface area contributed by atoms with E-state index in [1.807, 2.05) is 0 Å². The molecule has 8 aromatic rings. The van der Waals surface area contributed by atoms with Crippen molar-refractivity contribution in [2.75, 3.05) is 0 Å². The molecule has 0 nitrogen and oxygen atoms in total. The fraction of sp³-hybridized carbons (Fsp3) is 0.0256. The lowest BCUT2D eigenvalue weighted by atomic mass is 9.90. The first kappa shape index (κ1) is 22.1. The Labute approximate surface area is 227 Å². The Morgan fingerprint density at radius 2 is 0.769 bits per heavy atom. The molecule has 0 fully saturated rings. The lowest BCUT2D eigenvalue weighted by Crippen LogP contribution is -1.89. The molecule has 0 aliphatic heterocycles. The molecule has 0 heteroatoms. The summed E-state index contributed by atoms with van der Waals surface area (Å²) in [4.78, 5) is 0. The molecule has 0 saturated carbocycles. The quantitative estimate of drug-likeness (QED) is 0.145. The van der Waals surface area contributed by atoms with Crippen LogP contribution in [-0.4, -0.2) is 0 Å². The summed E-state index contributed by atoms with van der Waals surface area (Å²) in [6.45, 7) is 0. The van der Waals surface area contributed by atoms with Gasteiger partial charge in [0.05, 0.1) is 0 Å². The van der Waals surface area contributed by atoms with Crippen LogP contribution in [0, 0.1) is 0 Å². The average Bonchev–Trinajstić information content (AvgIpc) is 3.39. The second-order valence-corrected chi connectivity index (χ2v) is 10.5. The molecule has 0 radical (unpaired) electrons. The molecule has 0 bridgehead atoms. The van der Waals surface area contributed by atoms with E-state index in [0.717, 1.165) is 6.42 Å². The van der Waals surface area contributed by atoms with E-state index in [1.54, 1.807) is 0 Å². The van der Waals surface area contributed by atoms with Crippen molar-refractivity contribution in [3.63, 3.8) is 0 Å². The summed E-state index contributed by atoms with van der Waals surface area (Å²) < 4.78 is 0. The van der Waals surface area contributed by atoms with E-state index < -0.39 is 0 Å². The maximum Gasteiger partial charge on any atom is -0.000706 e. The number of rotatable bonds is 0. The van der Waals surface area contributed by atoms with Gasteiger partial charge in [0.25, 0.3) is 0 Å². The summed E-state index contributed by atoms with van der Waals surface area (Å²) in [6, 6.07) is 52.6. The van der Waals surface area contributed by atoms with Crippen LogP contribution in [0.15, 0.2) is 146 Å². The van der Waals surface area contributed by atoms with Crippen molar-refractivity contribution >= 4 is 53.9 Å². The minimum atomic E-state index is 1.03. The van der Waals surface area contributed by atoms with Crippen molar-refractivity contribution in [3.05, 3.63) is 157 Å². The van der Waals surface area contributed by atoms with Gasteiger partial charge in [-0.15, -0.1) is 0 Å². The van der Waals surface area contributed by atoms with E-state index in [4.69, 9.17) is 0 Å². The van der Waals surface area contributed by atoms with Crippen LogP contribution >= 0.6 is 0 Å². The molecule has 9 rings (SSSR count). The molecule has 1 aliphatic rings. The predicted molar refractivity (Wildman–Crippen MR) is 169 cm³/mol. The lowest BCUT2D eigenvalue weighted by Gasteiger charge is -2.13. The molecule has 39 heavy (non-hydrogen) atoms. The van der Waals surface area contributed by atoms with Gasteiger partial charge in [0, 0.05) is 0 Å². The smallest absolute Gasteiger partial charge is 0.000706 e. The molecule has 0 N–H and O–H groups in total. The van der Waals surface area contributed by atoms with Gasteiger partial charge in [0.2, 0.25) is 0 Å².